The maximum atomic E-state index is 12.5. The van der Waals surface area contributed by atoms with Gasteiger partial charge in [-0.25, -0.2) is 18.1 Å². The highest BCUT2D eigenvalue weighted by molar-refractivity contribution is 7.89. The number of hydrogen-bond donors (Lipinski definition) is 2. The van der Waals surface area contributed by atoms with Gasteiger partial charge in [-0.3, -0.25) is 10.1 Å². The number of anilines is 1. The minimum atomic E-state index is -3.73. The molecule has 0 radical (unpaired) electrons. The molecule has 1 aliphatic rings. The number of hydrogen-bond acceptors (Lipinski definition) is 6. The fraction of sp³-hybridized carbons (Fsp3) is 0.333. The quantitative estimate of drug-likeness (QED) is 0.815. The molecular weight excluding hydrogens is 350 g/mol. The third-order valence-electron chi connectivity index (χ3n) is 3.46. The summed E-state index contributed by atoms with van der Waals surface area (Å²) in [6, 6.07) is 4.28. The third-order valence-corrected chi connectivity index (χ3v) is 5.83. The van der Waals surface area contributed by atoms with Crippen molar-refractivity contribution in [1.82, 2.24) is 9.71 Å². The van der Waals surface area contributed by atoms with Gasteiger partial charge in [-0.05, 0) is 38.0 Å². The molecule has 1 fully saturated rings. The lowest BCUT2D eigenvalue weighted by Crippen LogP contribution is -2.26. The van der Waals surface area contributed by atoms with Gasteiger partial charge in [0, 0.05) is 22.7 Å². The predicted octanol–water partition coefficient (Wildman–Crippen LogP) is 2.15. The van der Waals surface area contributed by atoms with Gasteiger partial charge in [0.05, 0.1) is 7.11 Å². The second-order valence-corrected chi connectivity index (χ2v) is 8.41. The molecule has 24 heavy (non-hydrogen) atoms. The van der Waals surface area contributed by atoms with E-state index in [4.69, 9.17) is 4.74 Å². The lowest BCUT2D eigenvalue weighted by atomic mass is 10.2. The van der Waals surface area contributed by atoms with Crippen molar-refractivity contribution in [3.05, 3.63) is 34.8 Å². The monoisotopic (exact) mass is 367 g/mol. The van der Waals surface area contributed by atoms with Crippen molar-refractivity contribution in [3.8, 4) is 5.75 Å². The Morgan fingerprint density at radius 1 is 1.38 bits per heavy atom. The van der Waals surface area contributed by atoms with Gasteiger partial charge in [-0.1, -0.05) is 0 Å². The number of aryl methyl sites for hydroxylation is 1. The first-order valence-electron chi connectivity index (χ1n) is 7.33. The number of carbonyl (C=O) groups is 1. The number of carbonyl (C=O) groups excluding carboxylic acids is 1. The van der Waals surface area contributed by atoms with Crippen LogP contribution in [0.3, 0.4) is 0 Å². The number of nitrogens with one attached hydrogen (secondary N) is 2. The number of rotatable bonds is 6. The molecular formula is C15H17N3O4S2. The first-order chi connectivity index (χ1) is 11.4. The molecule has 2 N–H and O–H groups in total. The minimum absolute atomic E-state index is 0.0320. The fourth-order valence-corrected chi connectivity index (χ4v) is 4.25. The van der Waals surface area contributed by atoms with Gasteiger partial charge >= 0.3 is 0 Å². The van der Waals surface area contributed by atoms with Crippen LogP contribution in [0.5, 0.6) is 5.75 Å². The SMILES string of the molecule is COc1ccc(C(=O)Nc2ncc(C)s2)cc1S(=O)(=O)NC1CC1. The molecule has 0 atom stereocenters. The van der Waals surface area contributed by atoms with E-state index in [1.807, 2.05) is 6.92 Å². The second-order valence-electron chi connectivity index (χ2n) is 5.49. The molecule has 2 aromatic rings. The lowest BCUT2D eigenvalue weighted by Gasteiger charge is -2.12. The molecule has 0 unspecified atom stereocenters. The standard InChI is InChI=1S/C15H17N3O4S2/c1-9-8-16-15(23-9)17-14(19)10-3-6-12(22-2)13(7-10)24(20,21)18-11-4-5-11/h3,6-8,11,18H,4-5H2,1-2H3,(H,16,17,19). The Balaban J connectivity index is 1.89. The van der Waals surface area contributed by atoms with Crippen molar-refractivity contribution in [2.75, 3.05) is 12.4 Å². The molecule has 0 saturated heterocycles. The minimum Gasteiger partial charge on any atom is -0.495 e. The smallest absolute Gasteiger partial charge is 0.257 e. The maximum Gasteiger partial charge on any atom is 0.257 e. The molecule has 1 saturated carbocycles. The normalized spacial score (nSPS) is 14.4. The Morgan fingerprint density at radius 2 is 2.12 bits per heavy atom. The average Bonchev–Trinajstić information content (AvgIpc) is 3.25. The molecule has 0 aliphatic heterocycles. The van der Waals surface area contributed by atoms with Crippen LogP contribution in [0.1, 0.15) is 28.1 Å². The number of thiazole rings is 1. The lowest BCUT2D eigenvalue weighted by molar-refractivity contribution is 0.102. The summed E-state index contributed by atoms with van der Waals surface area (Å²) >= 11 is 1.35. The van der Waals surface area contributed by atoms with Crippen molar-refractivity contribution < 1.29 is 17.9 Å². The first-order valence-corrected chi connectivity index (χ1v) is 9.63. The topological polar surface area (TPSA) is 97.4 Å². The van der Waals surface area contributed by atoms with Crippen LogP contribution in [-0.2, 0) is 10.0 Å². The number of sulfonamides is 1. The average molecular weight is 367 g/mol. The number of benzene rings is 1. The van der Waals surface area contributed by atoms with Crippen LogP contribution in [0.15, 0.2) is 29.3 Å². The van der Waals surface area contributed by atoms with E-state index in [0.29, 0.717) is 5.13 Å². The number of methoxy groups -OCH3 is 1. The summed E-state index contributed by atoms with van der Waals surface area (Å²) in [5.74, 6) is -0.223. The molecule has 1 aromatic heterocycles. The van der Waals surface area contributed by atoms with Crippen molar-refractivity contribution in [2.24, 2.45) is 0 Å². The Bertz CT molecular complexity index is 873. The van der Waals surface area contributed by atoms with E-state index >= 15 is 0 Å². The summed E-state index contributed by atoms with van der Waals surface area (Å²) in [7, 11) is -2.34. The van der Waals surface area contributed by atoms with E-state index in [1.54, 1.807) is 6.20 Å². The largest absolute Gasteiger partial charge is 0.495 e. The molecule has 7 nitrogen and oxygen atoms in total. The van der Waals surface area contributed by atoms with Gasteiger partial charge in [-0.2, -0.15) is 0 Å². The van der Waals surface area contributed by atoms with Gasteiger partial charge in [0.25, 0.3) is 5.91 Å². The summed E-state index contributed by atoms with van der Waals surface area (Å²) in [4.78, 5) is 17.3. The van der Waals surface area contributed by atoms with Crippen LogP contribution in [0.25, 0.3) is 0 Å². The zero-order valence-electron chi connectivity index (χ0n) is 13.2. The molecule has 1 aromatic carbocycles. The van der Waals surface area contributed by atoms with E-state index in [1.165, 1.54) is 36.6 Å². The van der Waals surface area contributed by atoms with Crippen LogP contribution in [0, 0.1) is 6.92 Å². The van der Waals surface area contributed by atoms with Crippen LogP contribution in [0.2, 0.25) is 0 Å². The number of amides is 1. The summed E-state index contributed by atoms with van der Waals surface area (Å²) in [6.07, 6.45) is 3.31. The van der Waals surface area contributed by atoms with E-state index in [0.717, 1.165) is 17.7 Å². The highest BCUT2D eigenvalue weighted by atomic mass is 32.2. The zero-order valence-corrected chi connectivity index (χ0v) is 14.8. The van der Waals surface area contributed by atoms with Gasteiger partial charge in [-0.15, -0.1) is 11.3 Å². The molecule has 9 heteroatoms. The Labute approximate surface area is 144 Å². The molecule has 1 heterocycles. The molecule has 3 rings (SSSR count). The van der Waals surface area contributed by atoms with E-state index in [-0.39, 0.29) is 22.3 Å². The summed E-state index contributed by atoms with van der Waals surface area (Å²) in [5, 5.41) is 3.13. The Hall–Kier alpha value is -1.97. The van der Waals surface area contributed by atoms with Crippen LogP contribution in [-0.4, -0.2) is 32.5 Å². The Kier molecular flexibility index (Phi) is 4.57. The molecule has 1 amide bonds. The summed E-state index contributed by atoms with van der Waals surface area (Å²) < 4.78 is 32.7. The van der Waals surface area contributed by atoms with Gasteiger partial charge in [0.15, 0.2) is 5.13 Å². The first kappa shape index (κ1) is 16.9. The molecule has 128 valence electrons. The number of ether oxygens (including phenoxy) is 1. The van der Waals surface area contributed by atoms with Crippen molar-refractivity contribution in [3.63, 3.8) is 0 Å². The molecule has 1 aliphatic carbocycles. The van der Waals surface area contributed by atoms with Gasteiger partial charge in [0.1, 0.15) is 10.6 Å². The molecule has 0 bridgehead atoms. The van der Waals surface area contributed by atoms with Gasteiger partial charge in [0.2, 0.25) is 10.0 Å². The zero-order chi connectivity index (χ0) is 17.3. The molecule has 0 spiro atoms. The van der Waals surface area contributed by atoms with E-state index < -0.39 is 15.9 Å². The van der Waals surface area contributed by atoms with Gasteiger partial charge < -0.3 is 4.74 Å². The number of nitrogens with zero attached hydrogens (tertiary/aromatic N) is 1. The third kappa shape index (κ3) is 3.74. The fourth-order valence-electron chi connectivity index (χ4n) is 2.09. The summed E-state index contributed by atoms with van der Waals surface area (Å²) in [6.45, 7) is 1.88. The Morgan fingerprint density at radius 3 is 2.71 bits per heavy atom. The highest BCUT2D eigenvalue weighted by Crippen LogP contribution is 2.28. The van der Waals surface area contributed by atoms with Crippen molar-refractivity contribution in [1.29, 1.82) is 0 Å². The highest BCUT2D eigenvalue weighted by Gasteiger charge is 2.30. The van der Waals surface area contributed by atoms with Crippen LogP contribution in [0.4, 0.5) is 5.13 Å². The predicted molar refractivity (Wildman–Crippen MR) is 91.1 cm³/mol. The summed E-state index contributed by atoms with van der Waals surface area (Å²) in [5.41, 5.74) is 0.222. The second kappa shape index (κ2) is 6.50. The maximum absolute atomic E-state index is 12.5. The van der Waals surface area contributed by atoms with Crippen molar-refractivity contribution >= 4 is 32.4 Å². The van der Waals surface area contributed by atoms with Crippen LogP contribution >= 0.6 is 11.3 Å². The van der Waals surface area contributed by atoms with Crippen molar-refractivity contribution in [2.45, 2.75) is 30.7 Å². The van der Waals surface area contributed by atoms with E-state index in [2.05, 4.69) is 15.0 Å². The van der Waals surface area contributed by atoms with Crippen LogP contribution < -0.4 is 14.8 Å². The van der Waals surface area contributed by atoms with E-state index in [9.17, 15) is 13.2 Å². The number of aromatic nitrogens is 1.